The third-order valence-electron chi connectivity index (χ3n) is 5.77. The van der Waals surface area contributed by atoms with E-state index in [1.807, 2.05) is 32.1 Å². The number of halogens is 2. The van der Waals surface area contributed by atoms with Gasteiger partial charge in [0.1, 0.15) is 28.6 Å². The van der Waals surface area contributed by atoms with E-state index >= 15 is 4.39 Å². The van der Waals surface area contributed by atoms with Gasteiger partial charge in [0.2, 0.25) is 0 Å². The second-order valence-electron chi connectivity index (χ2n) is 8.56. The lowest BCUT2D eigenvalue weighted by Gasteiger charge is -2.23. The summed E-state index contributed by atoms with van der Waals surface area (Å²) in [6, 6.07) is 4.91. The van der Waals surface area contributed by atoms with Crippen LogP contribution >= 0.6 is 11.6 Å². The fourth-order valence-electron chi connectivity index (χ4n) is 4.09. The Morgan fingerprint density at radius 3 is 2.63 bits per heavy atom. The van der Waals surface area contributed by atoms with Gasteiger partial charge in [0.15, 0.2) is 5.82 Å². The van der Waals surface area contributed by atoms with Gasteiger partial charge in [-0.1, -0.05) is 29.7 Å². The lowest BCUT2D eigenvalue weighted by atomic mass is 9.93. The quantitative estimate of drug-likeness (QED) is 0.204. The molecule has 0 saturated heterocycles. The van der Waals surface area contributed by atoms with Crippen LogP contribution in [0, 0.1) is 12.7 Å². The first kappa shape index (κ1) is 24.4. The number of imidazole rings is 1. The van der Waals surface area contributed by atoms with Crippen LogP contribution < -0.4 is 10.5 Å². The molecule has 0 aliphatic rings. The predicted molar refractivity (Wildman–Crippen MR) is 134 cm³/mol. The van der Waals surface area contributed by atoms with E-state index in [0.29, 0.717) is 39.9 Å². The van der Waals surface area contributed by atoms with E-state index < -0.39 is 5.82 Å². The Labute approximate surface area is 207 Å². The molecule has 0 radical (unpaired) electrons. The fourth-order valence-corrected chi connectivity index (χ4v) is 4.30. The van der Waals surface area contributed by atoms with Crippen molar-refractivity contribution in [1.82, 2.24) is 19.4 Å². The molecule has 3 heterocycles. The molecule has 8 nitrogen and oxygen atoms in total. The molecule has 0 unspecified atom stereocenters. The van der Waals surface area contributed by atoms with Crippen LogP contribution in [0.15, 0.2) is 41.9 Å². The molecule has 4 rings (SSSR count). The molecule has 0 aliphatic heterocycles. The number of pyridine rings is 1. The SMILES string of the molecule is CC(=NO)c1ccc(-c2c(F)c(Cl)cc([C@H](C)c3nc(C)c4c(N)nccn34)c2OC(C)C)cn1. The topological polar surface area (TPSA) is 111 Å². The second kappa shape index (κ2) is 9.50. The first-order valence-corrected chi connectivity index (χ1v) is 11.4. The number of ether oxygens (including phenoxy) is 1. The highest BCUT2D eigenvalue weighted by Crippen LogP contribution is 2.44. The van der Waals surface area contributed by atoms with Crippen LogP contribution in [0.25, 0.3) is 16.6 Å². The minimum absolute atomic E-state index is 0.0473. The van der Waals surface area contributed by atoms with Crippen molar-refractivity contribution in [1.29, 1.82) is 0 Å². The molecule has 0 spiro atoms. The first-order chi connectivity index (χ1) is 16.6. The molecule has 10 heteroatoms. The minimum Gasteiger partial charge on any atom is -0.490 e. The average Bonchev–Trinajstić information content (AvgIpc) is 3.18. The molecule has 0 saturated carbocycles. The van der Waals surface area contributed by atoms with Crippen LogP contribution in [-0.4, -0.2) is 36.4 Å². The smallest absolute Gasteiger partial charge is 0.153 e. The van der Waals surface area contributed by atoms with E-state index in [1.54, 1.807) is 37.5 Å². The van der Waals surface area contributed by atoms with Gasteiger partial charge in [0.05, 0.1) is 28.1 Å². The second-order valence-corrected chi connectivity index (χ2v) is 8.97. The highest BCUT2D eigenvalue weighted by molar-refractivity contribution is 6.31. The summed E-state index contributed by atoms with van der Waals surface area (Å²) in [5.74, 6) is 0.475. The number of nitrogen functional groups attached to an aromatic ring is 1. The van der Waals surface area contributed by atoms with Gasteiger partial charge in [-0.3, -0.25) is 9.38 Å². The number of hydrogen-bond donors (Lipinski definition) is 2. The molecular weight excluding hydrogens is 471 g/mol. The van der Waals surface area contributed by atoms with Crippen LogP contribution in [0.1, 0.15) is 56.4 Å². The Morgan fingerprint density at radius 2 is 2.00 bits per heavy atom. The molecule has 3 N–H and O–H groups in total. The number of aryl methyl sites for hydroxylation is 1. The van der Waals surface area contributed by atoms with E-state index in [-0.39, 0.29) is 22.6 Å². The molecule has 0 bridgehead atoms. The third-order valence-corrected chi connectivity index (χ3v) is 6.04. The zero-order chi connectivity index (χ0) is 25.4. The van der Waals surface area contributed by atoms with Crippen molar-refractivity contribution in [3.05, 3.63) is 70.4 Å². The normalized spacial score (nSPS) is 13.0. The Hall–Kier alpha value is -3.72. The van der Waals surface area contributed by atoms with Gasteiger partial charge in [-0.2, -0.15) is 0 Å². The van der Waals surface area contributed by atoms with Crippen molar-refractivity contribution in [3.63, 3.8) is 0 Å². The number of fused-ring (bicyclic) bond motifs is 1. The van der Waals surface area contributed by atoms with Gasteiger partial charge in [-0.05, 0) is 39.8 Å². The van der Waals surface area contributed by atoms with Crippen molar-refractivity contribution < 1.29 is 14.3 Å². The Balaban J connectivity index is 1.95. The lowest BCUT2D eigenvalue weighted by molar-refractivity contribution is 0.239. The summed E-state index contributed by atoms with van der Waals surface area (Å²) >= 11 is 6.40. The van der Waals surface area contributed by atoms with Gasteiger partial charge in [0.25, 0.3) is 0 Å². The zero-order valence-corrected chi connectivity index (χ0v) is 20.8. The molecular formula is C25H26ClFN6O2. The summed E-state index contributed by atoms with van der Waals surface area (Å²) in [6.45, 7) is 9.17. The summed E-state index contributed by atoms with van der Waals surface area (Å²) in [5, 5.41) is 12.1. The van der Waals surface area contributed by atoms with Crippen LogP contribution in [0.2, 0.25) is 5.02 Å². The number of aromatic nitrogens is 4. The Kier molecular flexibility index (Phi) is 6.62. The number of nitrogens with two attached hydrogens (primary N) is 1. The van der Waals surface area contributed by atoms with Gasteiger partial charge >= 0.3 is 0 Å². The van der Waals surface area contributed by atoms with E-state index in [4.69, 9.17) is 32.3 Å². The standard InChI is InChI=1S/C25H26ClFN6O2/c1-12(2)35-23-17(13(3)25-31-15(5)22-24(28)29-8-9-33(22)25)10-18(26)21(27)20(23)16-6-7-19(30-11-16)14(4)32-34/h6-13,34H,1-5H3,(H2,28,29)/t13-/m0/s1. The number of oxime groups is 1. The minimum atomic E-state index is -0.613. The van der Waals surface area contributed by atoms with Crippen LogP contribution in [-0.2, 0) is 0 Å². The van der Waals surface area contributed by atoms with E-state index in [2.05, 4.69) is 15.1 Å². The predicted octanol–water partition coefficient (Wildman–Crippen LogP) is 5.61. The number of anilines is 1. The molecule has 182 valence electrons. The average molecular weight is 497 g/mol. The van der Waals surface area contributed by atoms with Crippen molar-refractivity contribution in [2.24, 2.45) is 5.16 Å². The molecule has 35 heavy (non-hydrogen) atoms. The lowest BCUT2D eigenvalue weighted by Crippen LogP contribution is -2.13. The van der Waals surface area contributed by atoms with Crippen molar-refractivity contribution >= 4 is 28.6 Å². The largest absolute Gasteiger partial charge is 0.490 e. The van der Waals surface area contributed by atoms with Gasteiger partial charge < -0.3 is 15.7 Å². The first-order valence-electron chi connectivity index (χ1n) is 11.1. The maximum Gasteiger partial charge on any atom is 0.153 e. The molecule has 1 aromatic carbocycles. The Bertz CT molecular complexity index is 1430. The maximum absolute atomic E-state index is 15.5. The number of benzene rings is 1. The van der Waals surface area contributed by atoms with Crippen LogP contribution in [0.3, 0.4) is 0 Å². The third kappa shape index (κ3) is 4.39. The van der Waals surface area contributed by atoms with E-state index in [0.717, 1.165) is 11.2 Å². The van der Waals surface area contributed by atoms with Crippen molar-refractivity contribution in [2.75, 3.05) is 5.73 Å². The summed E-state index contributed by atoms with van der Waals surface area (Å²) in [4.78, 5) is 13.2. The summed E-state index contributed by atoms with van der Waals surface area (Å²) in [6.07, 6.45) is 4.66. The van der Waals surface area contributed by atoms with Crippen molar-refractivity contribution in [3.8, 4) is 16.9 Å². The number of rotatable bonds is 6. The van der Waals surface area contributed by atoms with Gasteiger partial charge in [-0.25, -0.2) is 14.4 Å². The molecule has 0 fully saturated rings. The Morgan fingerprint density at radius 1 is 1.26 bits per heavy atom. The molecule has 3 aromatic heterocycles. The highest BCUT2D eigenvalue weighted by Gasteiger charge is 2.28. The molecule has 0 amide bonds. The fraction of sp³-hybridized carbons (Fsp3) is 0.280. The van der Waals surface area contributed by atoms with Gasteiger partial charge in [0, 0.05) is 35.6 Å². The van der Waals surface area contributed by atoms with E-state index in [1.165, 1.54) is 6.20 Å². The molecule has 4 aromatic rings. The summed E-state index contributed by atoms with van der Waals surface area (Å²) in [7, 11) is 0. The van der Waals surface area contributed by atoms with Crippen LogP contribution in [0.4, 0.5) is 10.2 Å². The summed E-state index contributed by atoms with van der Waals surface area (Å²) in [5.41, 5.74) is 9.69. The van der Waals surface area contributed by atoms with E-state index in [9.17, 15) is 0 Å². The zero-order valence-electron chi connectivity index (χ0n) is 20.0. The maximum atomic E-state index is 15.5. The van der Waals surface area contributed by atoms with Crippen molar-refractivity contribution in [2.45, 2.75) is 46.6 Å². The van der Waals surface area contributed by atoms with Crippen LogP contribution in [0.5, 0.6) is 5.75 Å². The molecule has 1 atom stereocenters. The monoisotopic (exact) mass is 496 g/mol. The molecule has 0 aliphatic carbocycles. The summed E-state index contributed by atoms with van der Waals surface area (Å²) < 4.78 is 23.6. The number of hydrogen-bond acceptors (Lipinski definition) is 7. The highest BCUT2D eigenvalue weighted by atomic mass is 35.5. The van der Waals surface area contributed by atoms with Gasteiger partial charge in [-0.15, -0.1) is 0 Å². The number of nitrogens with zero attached hydrogens (tertiary/aromatic N) is 5.